The third-order valence-electron chi connectivity index (χ3n) is 3.42. The van der Waals surface area contributed by atoms with Crippen LogP contribution in [0.4, 0.5) is 0 Å². The molecule has 2 aromatic carbocycles. The van der Waals surface area contributed by atoms with E-state index in [-0.39, 0.29) is 0 Å². The topological polar surface area (TPSA) is 20.2 Å². The minimum absolute atomic E-state index is 0.406. The second-order valence-electron chi connectivity index (χ2n) is 5.65. The van der Waals surface area contributed by atoms with Crippen LogP contribution in [-0.4, -0.2) is 11.2 Å². The normalized spacial score (nSPS) is 12.4. The molecule has 0 radical (unpaired) electrons. The molecule has 1 atom stereocenters. The molecule has 2 aromatic rings. The third-order valence-corrected chi connectivity index (χ3v) is 3.77. The number of aryl methyl sites for hydroxylation is 3. The maximum atomic E-state index is 10.3. The van der Waals surface area contributed by atoms with Gasteiger partial charge in [-0.15, -0.1) is 0 Å². The molecule has 1 unspecified atom stereocenters. The molecule has 106 valence electrons. The Labute approximate surface area is 126 Å². The fourth-order valence-electron chi connectivity index (χ4n) is 2.60. The Morgan fingerprint density at radius 1 is 0.900 bits per heavy atom. The van der Waals surface area contributed by atoms with Crippen LogP contribution >= 0.6 is 11.6 Å². The molecule has 0 fully saturated rings. The second kappa shape index (κ2) is 6.43. The van der Waals surface area contributed by atoms with Gasteiger partial charge in [-0.25, -0.2) is 0 Å². The molecule has 0 bridgehead atoms. The van der Waals surface area contributed by atoms with Crippen LogP contribution in [0.1, 0.15) is 27.8 Å². The van der Waals surface area contributed by atoms with Crippen LogP contribution in [0.25, 0.3) is 0 Å². The summed E-state index contributed by atoms with van der Waals surface area (Å²) in [7, 11) is 0. The number of hydrogen-bond donors (Lipinski definition) is 1. The van der Waals surface area contributed by atoms with Crippen LogP contribution in [0.15, 0.2) is 36.4 Å². The molecule has 0 saturated carbocycles. The van der Waals surface area contributed by atoms with Gasteiger partial charge in [0.2, 0.25) is 0 Å². The van der Waals surface area contributed by atoms with E-state index in [4.69, 9.17) is 11.6 Å². The number of hydrogen-bond acceptors (Lipinski definition) is 1. The minimum atomic E-state index is -0.406. The van der Waals surface area contributed by atoms with Crippen LogP contribution in [0.3, 0.4) is 0 Å². The zero-order valence-corrected chi connectivity index (χ0v) is 13.0. The number of rotatable bonds is 4. The lowest BCUT2D eigenvalue weighted by Crippen LogP contribution is -2.14. The molecule has 0 saturated heterocycles. The van der Waals surface area contributed by atoms with Gasteiger partial charge in [0.15, 0.2) is 0 Å². The molecule has 1 N–H and O–H groups in total. The number of benzene rings is 2. The van der Waals surface area contributed by atoms with Gasteiger partial charge in [0.05, 0.1) is 6.10 Å². The molecule has 20 heavy (non-hydrogen) atoms. The molecule has 2 rings (SSSR count). The van der Waals surface area contributed by atoms with Crippen LogP contribution in [0.2, 0.25) is 5.02 Å². The van der Waals surface area contributed by atoms with Crippen molar-refractivity contribution in [2.24, 2.45) is 0 Å². The minimum Gasteiger partial charge on any atom is -0.392 e. The molecule has 0 aromatic heterocycles. The van der Waals surface area contributed by atoms with E-state index in [9.17, 15) is 5.11 Å². The van der Waals surface area contributed by atoms with Gasteiger partial charge in [-0.3, -0.25) is 0 Å². The van der Waals surface area contributed by atoms with E-state index in [2.05, 4.69) is 32.0 Å². The van der Waals surface area contributed by atoms with Gasteiger partial charge in [-0.1, -0.05) is 53.1 Å². The summed E-state index contributed by atoms with van der Waals surface area (Å²) in [5.41, 5.74) is 5.80. The van der Waals surface area contributed by atoms with E-state index >= 15 is 0 Å². The summed E-state index contributed by atoms with van der Waals surface area (Å²) in [5.74, 6) is 0. The third kappa shape index (κ3) is 4.09. The van der Waals surface area contributed by atoms with Gasteiger partial charge in [-0.2, -0.15) is 0 Å². The average Bonchev–Trinajstić information content (AvgIpc) is 2.31. The second-order valence-corrected chi connectivity index (χ2v) is 6.06. The first kappa shape index (κ1) is 15.1. The molecule has 0 aliphatic heterocycles. The van der Waals surface area contributed by atoms with E-state index in [0.29, 0.717) is 12.8 Å². The van der Waals surface area contributed by atoms with Crippen molar-refractivity contribution in [3.63, 3.8) is 0 Å². The highest BCUT2D eigenvalue weighted by Crippen LogP contribution is 2.20. The van der Waals surface area contributed by atoms with Crippen LogP contribution in [0.5, 0.6) is 0 Å². The Kier molecular flexibility index (Phi) is 4.85. The van der Waals surface area contributed by atoms with E-state index in [1.807, 2.05) is 25.1 Å². The Balaban J connectivity index is 2.06. The smallest absolute Gasteiger partial charge is 0.0621 e. The fourth-order valence-corrected chi connectivity index (χ4v) is 2.92. The van der Waals surface area contributed by atoms with Gasteiger partial charge in [-0.05, 0) is 49.9 Å². The first-order valence-electron chi connectivity index (χ1n) is 6.94. The van der Waals surface area contributed by atoms with Crippen molar-refractivity contribution in [2.45, 2.75) is 39.7 Å². The van der Waals surface area contributed by atoms with Crippen molar-refractivity contribution in [2.75, 3.05) is 0 Å². The summed E-state index contributed by atoms with van der Waals surface area (Å²) in [6.45, 7) is 6.18. The van der Waals surface area contributed by atoms with E-state index in [1.165, 1.54) is 16.7 Å². The van der Waals surface area contributed by atoms with Crippen molar-refractivity contribution < 1.29 is 5.11 Å². The zero-order chi connectivity index (χ0) is 14.7. The van der Waals surface area contributed by atoms with E-state index < -0.39 is 6.10 Å². The summed E-state index contributed by atoms with van der Waals surface area (Å²) >= 11 is 6.22. The van der Waals surface area contributed by atoms with Gasteiger partial charge in [0.1, 0.15) is 0 Å². The molecule has 0 heterocycles. The maximum absolute atomic E-state index is 10.3. The summed E-state index contributed by atoms with van der Waals surface area (Å²) in [6.07, 6.45) is 0.843. The van der Waals surface area contributed by atoms with Crippen molar-refractivity contribution in [3.05, 3.63) is 69.2 Å². The predicted octanol–water partition coefficient (Wildman–Crippen LogP) is 4.41. The van der Waals surface area contributed by atoms with Crippen molar-refractivity contribution in [1.29, 1.82) is 0 Å². The highest BCUT2D eigenvalue weighted by molar-refractivity contribution is 6.31. The van der Waals surface area contributed by atoms with Gasteiger partial charge in [0, 0.05) is 11.4 Å². The Hall–Kier alpha value is -1.31. The average molecular weight is 289 g/mol. The quantitative estimate of drug-likeness (QED) is 0.883. The molecule has 0 aliphatic carbocycles. The Morgan fingerprint density at radius 3 is 2.15 bits per heavy atom. The lowest BCUT2D eigenvalue weighted by molar-refractivity contribution is 0.175. The lowest BCUT2D eigenvalue weighted by atomic mass is 9.98. The van der Waals surface area contributed by atoms with Gasteiger partial charge in [0.25, 0.3) is 0 Å². The van der Waals surface area contributed by atoms with E-state index in [1.54, 1.807) is 0 Å². The zero-order valence-electron chi connectivity index (χ0n) is 12.3. The first-order chi connectivity index (χ1) is 9.44. The summed E-state index contributed by atoms with van der Waals surface area (Å²) < 4.78 is 0. The van der Waals surface area contributed by atoms with E-state index in [0.717, 1.165) is 16.1 Å². The number of aliphatic hydroxyl groups is 1. The highest BCUT2D eigenvalue weighted by Gasteiger charge is 2.10. The predicted molar refractivity (Wildman–Crippen MR) is 85.5 cm³/mol. The van der Waals surface area contributed by atoms with Crippen LogP contribution < -0.4 is 0 Å². The standard InChI is InChI=1S/C18H21ClO/c1-12-4-5-16(18(19)9-12)11-17(20)10-15-7-13(2)6-14(3)8-15/h4-9,17,20H,10-11H2,1-3H3. The molecule has 1 nitrogen and oxygen atoms in total. The highest BCUT2D eigenvalue weighted by atomic mass is 35.5. The van der Waals surface area contributed by atoms with Gasteiger partial charge >= 0.3 is 0 Å². The first-order valence-corrected chi connectivity index (χ1v) is 7.32. The summed E-state index contributed by atoms with van der Waals surface area (Å²) in [5, 5.41) is 11.0. The largest absolute Gasteiger partial charge is 0.392 e. The molecule has 0 amide bonds. The van der Waals surface area contributed by atoms with Gasteiger partial charge < -0.3 is 5.11 Å². The van der Waals surface area contributed by atoms with Crippen LogP contribution in [0, 0.1) is 20.8 Å². The summed E-state index contributed by atoms with van der Waals surface area (Å²) in [4.78, 5) is 0. The molecule has 0 spiro atoms. The molecule has 2 heteroatoms. The molecular formula is C18H21ClO. The molecule has 0 aliphatic rings. The Bertz CT molecular complexity index is 584. The van der Waals surface area contributed by atoms with Crippen molar-refractivity contribution in [1.82, 2.24) is 0 Å². The van der Waals surface area contributed by atoms with Crippen molar-refractivity contribution in [3.8, 4) is 0 Å². The van der Waals surface area contributed by atoms with Crippen molar-refractivity contribution >= 4 is 11.6 Å². The summed E-state index contributed by atoms with van der Waals surface area (Å²) in [6, 6.07) is 12.4. The molecular weight excluding hydrogens is 268 g/mol. The fraction of sp³-hybridized carbons (Fsp3) is 0.333. The number of halogens is 1. The lowest BCUT2D eigenvalue weighted by Gasteiger charge is -2.13. The van der Waals surface area contributed by atoms with Crippen LogP contribution in [-0.2, 0) is 12.8 Å². The SMILES string of the molecule is Cc1cc(C)cc(CC(O)Cc2ccc(C)cc2Cl)c1. The maximum Gasteiger partial charge on any atom is 0.0621 e. The monoisotopic (exact) mass is 288 g/mol. The number of aliphatic hydroxyl groups excluding tert-OH is 1. The Morgan fingerprint density at radius 2 is 1.55 bits per heavy atom.